The molecule has 0 fully saturated rings. The Morgan fingerprint density at radius 1 is 1.56 bits per heavy atom. The fourth-order valence-corrected chi connectivity index (χ4v) is 2.29. The van der Waals surface area contributed by atoms with Gasteiger partial charge in [-0.25, -0.2) is 4.39 Å². The molecule has 0 aromatic heterocycles. The first-order chi connectivity index (χ1) is 7.68. The average molecular weight is 223 g/mol. The van der Waals surface area contributed by atoms with Crippen molar-refractivity contribution < 1.29 is 9.50 Å². The van der Waals surface area contributed by atoms with Crippen LogP contribution in [0.25, 0.3) is 0 Å². The molecule has 0 amide bonds. The summed E-state index contributed by atoms with van der Waals surface area (Å²) in [6.07, 6.45) is 2.23. The Morgan fingerprint density at radius 3 is 3.12 bits per heavy atom. The lowest BCUT2D eigenvalue weighted by molar-refractivity contribution is 0.182. The Labute approximate surface area is 95.5 Å². The molecule has 1 aliphatic rings. The van der Waals surface area contributed by atoms with E-state index in [0.29, 0.717) is 0 Å². The van der Waals surface area contributed by atoms with Crippen molar-refractivity contribution in [3.8, 4) is 0 Å². The van der Waals surface area contributed by atoms with Crippen LogP contribution in [0.3, 0.4) is 0 Å². The van der Waals surface area contributed by atoms with Crippen molar-refractivity contribution >= 4 is 0 Å². The van der Waals surface area contributed by atoms with Gasteiger partial charge in [0.15, 0.2) is 0 Å². The van der Waals surface area contributed by atoms with Crippen molar-refractivity contribution in [1.29, 1.82) is 0 Å². The van der Waals surface area contributed by atoms with Gasteiger partial charge in [0.1, 0.15) is 5.82 Å². The number of halogens is 1. The number of aliphatic hydroxyl groups is 1. The topological polar surface area (TPSA) is 32.3 Å². The van der Waals surface area contributed by atoms with Gasteiger partial charge in [0.2, 0.25) is 0 Å². The minimum absolute atomic E-state index is 0.0858. The van der Waals surface area contributed by atoms with Crippen LogP contribution in [0.15, 0.2) is 18.2 Å². The maximum atomic E-state index is 13.4. The van der Waals surface area contributed by atoms with E-state index >= 15 is 0 Å². The van der Waals surface area contributed by atoms with Gasteiger partial charge in [0.05, 0.1) is 6.10 Å². The Bertz CT molecular complexity index is 365. The molecule has 1 aliphatic carbocycles. The molecule has 0 saturated heterocycles. The zero-order chi connectivity index (χ0) is 11.5. The van der Waals surface area contributed by atoms with Crippen LogP contribution in [0, 0.1) is 5.82 Å². The molecular weight excluding hydrogens is 205 g/mol. The standard InChI is InChI=1S/C13H18FNO/c1-9(16)7-8-15-13-6-5-10-11(13)3-2-4-12(10)14/h2-4,9,13,15-16H,5-8H2,1H3. The van der Waals surface area contributed by atoms with E-state index in [2.05, 4.69) is 5.32 Å². The molecule has 0 saturated carbocycles. The third kappa shape index (κ3) is 2.42. The molecule has 1 aromatic carbocycles. The summed E-state index contributed by atoms with van der Waals surface area (Å²) in [5, 5.41) is 12.5. The summed E-state index contributed by atoms with van der Waals surface area (Å²) in [7, 11) is 0. The number of hydrogen-bond acceptors (Lipinski definition) is 2. The Morgan fingerprint density at radius 2 is 2.38 bits per heavy atom. The predicted octanol–water partition coefficient (Wildman–Crippen LogP) is 2.17. The van der Waals surface area contributed by atoms with E-state index in [-0.39, 0.29) is 18.0 Å². The predicted molar refractivity (Wildman–Crippen MR) is 61.8 cm³/mol. The van der Waals surface area contributed by atoms with Crippen LogP contribution in [0.1, 0.15) is 36.9 Å². The Kier molecular flexibility index (Phi) is 3.56. The number of hydrogen-bond donors (Lipinski definition) is 2. The van der Waals surface area contributed by atoms with Gasteiger partial charge >= 0.3 is 0 Å². The van der Waals surface area contributed by atoms with E-state index in [1.54, 1.807) is 13.0 Å². The van der Waals surface area contributed by atoms with Gasteiger partial charge in [0.25, 0.3) is 0 Å². The zero-order valence-corrected chi connectivity index (χ0v) is 9.54. The van der Waals surface area contributed by atoms with Crippen molar-refractivity contribution in [3.63, 3.8) is 0 Å². The summed E-state index contributed by atoms with van der Waals surface area (Å²) in [5.41, 5.74) is 1.95. The van der Waals surface area contributed by atoms with Gasteiger partial charge in [-0.15, -0.1) is 0 Å². The van der Waals surface area contributed by atoms with E-state index < -0.39 is 0 Å². The molecule has 16 heavy (non-hydrogen) atoms. The maximum absolute atomic E-state index is 13.4. The fourth-order valence-electron chi connectivity index (χ4n) is 2.29. The smallest absolute Gasteiger partial charge is 0.126 e. The van der Waals surface area contributed by atoms with Crippen molar-refractivity contribution in [2.24, 2.45) is 0 Å². The molecule has 3 heteroatoms. The minimum Gasteiger partial charge on any atom is -0.393 e. The monoisotopic (exact) mass is 223 g/mol. The van der Waals surface area contributed by atoms with Gasteiger partial charge in [-0.1, -0.05) is 12.1 Å². The average Bonchev–Trinajstić information content (AvgIpc) is 2.63. The summed E-state index contributed by atoms with van der Waals surface area (Å²) >= 11 is 0. The van der Waals surface area contributed by atoms with Gasteiger partial charge in [-0.3, -0.25) is 0 Å². The molecule has 2 rings (SSSR count). The number of aliphatic hydroxyl groups excluding tert-OH is 1. The molecular formula is C13H18FNO. The molecule has 1 aromatic rings. The number of fused-ring (bicyclic) bond motifs is 1. The van der Waals surface area contributed by atoms with E-state index in [9.17, 15) is 4.39 Å². The van der Waals surface area contributed by atoms with E-state index in [1.807, 2.05) is 6.07 Å². The van der Waals surface area contributed by atoms with Crippen LogP contribution in [0.5, 0.6) is 0 Å². The molecule has 0 radical (unpaired) electrons. The second-order valence-corrected chi connectivity index (χ2v) is 4.49. The fraction of sp³-hybridized carbons (Fsp3) is 0.538. The molecule has 88 valence electrons. The van der Waals surface area contributed by atoms with Crippen molar-refractivity contribution in [2.45, 2.75) is 38.3 Å². The summed E-state index contributed by atoms with van der Waals surface area (Å²) in [5.74, 6) is -0.0858. The van der Waals surface area contributed by atoms with Crippen LogP contribution in [-0.2, 0) is 6.42 Å². The molecule has 2 atom stereocenters. The lowest BCUT2D eigenvalue weighted by Crippen LogP contribution is -2.23. The lowest BCUT2D eigenvalue weighted by atomic mass is 10.1. The highest BCUT2D eigenvalue weighted by Crippen LogP contribution is 2.32. The summed E-state index contributed by atoms with van der Waals surface area (Å²) in [4.78, 5) is 0. The first-order valence-electron chi connectivity index (χ1n) is 5.87. The maximum Gasteiger partial charge on any atom is 0.126 e. The molecule has 2 N–H and O–H groups in total. The van der Waals surface area contributed by atoms with E-state index in [0.717, 1.165) is 36.9 Å². The summed E-state index contributed by atoms with van der Waals surface area (Å²) in [6.45, 7) is 2.56. The molecule has 2 nitrogen and oxygen atoms in total. The van der Waals surface area contributed by atoms with Crippen LogP contribution in [-0.4, -0.2) is 17.8 Å². The highest BCUT2D eigenvalue weighted by molar-refractivity contribution is 5.35. The normalized spacial score (nSPS) is 20.8. The molecule has 0 aliphatic heterocycles. The molecule has 0 spiro atoms. The Hall–Kier alpha value is -0.930. The van der Waals surface area contributed by atoms with E-state index in [4.69, 9.17) is 5.11 Å². The second kappa shape index (κ2) is 4.93. The second-order valence-electron chi connectivity index (χ2n) is 4.49. The van der Waals surface area contributed by atoms with Crippen molar-refractivity contribution in [1.82, 2.24) is 5.32 Å². The lowest BCUT2D eigenvalue weighted by Gasteiger charge is -2.14. The first kappa shape index (κ1) is 11.6. The van der Waals surface area contributed by atoms with Gasteiger partial charge < -0.3 is 10.4 Å². The zero-order valence-electron chi connectivity index (χ0n) is 9.54. The summed E-state index contributed by atoms with van der Waals surface area (Å²) < 4.78 is 13.4. The van der Waals surface area contributed by atoms with Crippen molar-refractivity contribution in [3.05, 3.63) is 35.1 Å². The molecule has 0 bridgehead atoms. The van der Waals surface area contributed by atoms with Crippen LogP contribution >= 0.6 is 0 Å². The number of rotatable bonds is 4. The molecule has 0 heterocycles. The third-order valence-electron chi connectivity index (χ3n) is 3.17. The van der Waals surface area contributed by atoms with Gasteiger partial charge in [-0.05, 0) is 49.9 Å². The highest BCUT2D eigenvalue weighted by atomic mass is 19.1. The van der Waals surface area contributed by atoms with Crippen LogP contribution < -0.4 is 5.32 Å². The van der Waals surface area contributed by atoms with Gasteiger partial charge in [-0.2, -0.15) is 0 Å². The number of nitrogens with one attached hydrogen (secondary N) is 1. The van der Waals surface area contributed by atoms with E-state index in [1.165, 1.54) is 6.07 Å². The third-order valence-corrected chi connectivity index (χ3v) is 3.17. The van der Waals surface area contributed by atoms with Crippen molar-refractivity contribution in [2.75, 3.05) is 6.54 Å². The van der Waals surface area contributed by atoms with Gasteiger partial charge in [0, 0.05) is 6.04 Å². The largest absolute Gasteiger partial charge is 0.393 e. The Balaban J connectivity index is 1.98. The first-order valence-corrected chi connectivity index (χ1v) is 5.87. The number of benzene rings is 1. The quantitative estimate of drug-likeness (QED) is 0.820. The van der Waals surface area contributed by atoms with Crippen LogP contribution in [0.2, 0.25) is 0 Å². The molecule has 2 unspecified atom stereocenters. The SMILES string of the molecule is CC(O)CCNC1CCc2c(F)cccc21. The minimum atomic E-state index is -0.277. The summed E-state index contributed by atoms with van der Waals surface area (Å²) in [6, 6.07) is 5.54. The highest BCUT2D eigenvalue weighted by Gasteiger charge is 2.23. The van der Waals surface area contributed by atoms with Crippen LogP contribution in [0.4, 0.5) is 4.39 Å².